The topological polar surface area (TPSA) is 73.5 Å². The number of hydrazone groups is 1. The van der Waals surface area contributed by atoms with Gasteiger partial charge in [0.2, 0.25) is 6.23 Å². The molecule has 7 heteroatoms. The Morgan fingerprint density at radius 2 is 1.97 bits per heavy atom. The van der Waals surface area contributed by atoms with Crippen LogP contribution in [0.3, 0.4) is 0 Å². The standard InChI is InChI=1S/C25H24N2O5/c1-4-30-22-7-5-6-18-20-14-19(21-13-8-15(2)31-21)26-27(20)24(32-23(18)22)16-9-11-17(12-10-16)25(28)29-3/h5-13,20,24H,4,14H2,1-3H3/t20-,24-/m1/s1. The monoisotopic (exact) mass is 432 g/mol. The molecule has 2 aromatic carbocycles. The Labute approximate surface area is 186 Å². The zero-order valence-electron chi connectivity index (χ0n) is 18.2. The van der Waals surface area contributed by atoms with Gasteiger partial charge in [-0.1, -0.05) is 24.3 Å². The minimum absolute atomic E-state index is 0.0233. The molecule has 0 amide bonds. The molecule has 1 aromatic heterocycles. The predicted molar refractivity (Wildman–Crippen MR) is 118 cm³/mol. The third-order valence-corrected chi connectivity index (χ3v) is 5.72. The van der Waals surface area contributed by atoms with Gasteiger partial charge < -0.3 is 18.6 Å². The SMILES string of the molecule is CCOc1cccc2c1O[C@H](c1ccc(C(=O)OC)cc1)N1N=C(c3ccc(C)o3)C[C@H]21. The summed E-state index contributed by atoms with van der Waals surface area (Å²) < 4.78 is 23.0. The van der Waals surface area contributed by atoms with Crippen molar-refractivity contribution in [3.8, 4) is 11.5 Å². The summed E-state index contributed by atoms with van der Waals surface area (Å²) in [6.45, 7) is 4.42. The highest BCUT2D eigenvalue weighted by atomic mass is 16.5. The maximum Gasteiger partial charge on any atom is 0.337 e. The number of carbonyl (C=O) groups excluding carboxylic acids is 1. The molecular formula is C25H24N2O5. The summed E-state index contributed by atoms with van der Waals surface area (Å²) in [6.07, 6.45) is 0.213. The number of nitrogens with zero attached hydrogens (tertiary/aromatic N) is 2. The number of fused-ring (bicyclic) bond motifs is 3. The maximum absolute atomic E-state index is 11.9. The molecule has 32 heavy (non-hydrogen) atoms. The van der Waals surface area contributed by atoms with Gasteiger partial charge in [0.15, 0.2) is 11.5 Å². The van der Waals surface area contributed by atoms with Gasteiger partial charge in [0.05, 0.1) is 25.3 Å². The van der Waals surface area contributed by atoms with Crippen LogP contribution in [0, 0.1) is 6.92 Å². The number of hydrogen-bond donors (Lipinski definition) is 0. The van der Waals surface area contributed by atoms with Gasteiger partial charge in [-0.15, -0.1) is 0 Å². The zero-order valence-corrected chi connectivity index (χ0v) is 18.2. The Balaban J connectivity index is 1.57. The molecule has 0 bridgehead atoms. The lowest BCUT2D eigenvalue weighted by Crippen LogP contribution is -2.34. The number of ether oxygens (including phenoxy) is 3. The average molecular weight is 432 g/mol. The van der Waals surface area contributed by atoms with Gasteiger partial charge in [0, 0.05) is 17.5 Å². The fourth-order valence-electron chi connectivity index (χ4n) is 4.21. The van der Waals surface area contributed by atoms with E-state index < -0.39 is 6.23 Å². The van der Waals surface area contributed by atoms with E-state index in [4.69, 9.17) is 23.7 Å². The number of para-hydroxylation sites is 1. The zero-order chi connectivity index (χ0) is 22.2. The number of rotatable bonds is 5. The van der Waals surface area contributed by atoms with E-state index in [2.05, 4.69) is 6.07 Å². The molecule has 0 saturated carbocycles. The Morgan fingerprint density at radius 1 is 1.16 bits per heavy atom. The van der Waals surface area contributed by atoms with Crippen molar-refractivity contribution in [3.05, 3.63) is 82.8 Å². The Hall–Kier alpha value is -3.74. The first-order valence-electron chi connectivity index (χ1n) is 10.6. The summed E-state index contributed by atoms with van der Waals surface area (Å²) in [5, 5.41) is 6.87. The fourth-order valence-corrected chi connectivity index (χ4v) is 4.21. The van der Waals surface area contributed by atoms with E-state index in [-0.39, 0.29) is 12.0 Å². The van der Waals surface area contributed by atoms with E-state index in [0.717, 1.165) is 34.1 Å². The molecule has 3 heterocycles. The minimum atomic E-state index is -0.477. The molecule has 0 radical (unpaired) electrons. The molecule has 0 unspecified atom stereocenters. The van der Waals surface area contributed by atoms with Crippen LogP contribution in [-0.2, 0) is 4.74 Å². The highest BCUT2D eigenvalue weighted by Crippen LogP contribution is 2.50. The third kappa shape index (κ3) is 3.39. The molecule has 2 aliphatic rings. The van der Waals surface area contributed by atoms with Gasteiger partial charge in [-0.25, -0.2) is 9.80 Å². The van der Waals surface area contributed by atoms with Crippen molar-refractivity contribution in [2.45, 2.75) is 32.5 Å². The second-order valence-corrected chi connectivity index (χ2v) is 7.75. The van der Waals surface area contributed by atoms with Crippen LogP contribution in [0.15, 0.2) is 64.1 Å². The number of hydrogen-bond acceptors (Lipinski definition) is 7. The summed E-state index contributed by atoms with van der Waals surface area (Å²) in [5.74, 6) is 2.67. The first-order valence-corrected chi connectivity index (χ1v) is 10.6. The van der Waals surface area contributed by atoms with Crippen LogP contribution in [0.2, 0.25) is 0 Å². The summed E-state index contributed by atoms with van der Waals surface area (Å²) in [6, 6.07) is 17.0. The lowest BCUT2D eigenvalue weighted by Gasteiger charge is -2.38. The summed E-state index contributed by atoms with van der Waals surface area (Å²) >= 11 is 0. The second-order valence-electron chi connectivity index (χ2n) is 7.75. The maximum atomic E-state index is 11.9. The predicted octanol–water partition coefficient (Wildman–Crippen LogP) is 5.02. The molecular weight excluding hydrogens is 408 g/mol. The first kappa shape index (κ1) is 20.2. The average Bonchev–Trinajstić information content (AvgIpc) is 3.45. The third-order valence-electron chi connectivity index (χ3n) is 5.72. The van der Waals surface area contributed by atoms with E-state index in [1.54, 1.807) is 12.1 Å². The van der Waals surface area contributed by atoms with Crippen LogP contribution in [0.4, 0.5) is 0 Å². The van der Waals surface area contributed by atoms with Crippen LogP contribution in [0.5, 0.6) is 11.5 Å². The molecule has 164 valence electrons. The smallest absolute Gasteiger partial charge is 0.337 e. The van der Waals surface area contributed by atoms with Crippen molar-refractivity contribution in [1.82, 2.24) is 5.01 Å². The largest absolute Gasteiger partial charge is 0.490 e. The Kier molecular flexibility index (Phi) is 5.09. The van der Waals surface area contributed by atoms with E-state index in [0.29, 0.717) is 24.3 Å². The number of carbonyl (C=O) groups is 1. The van der Waals surface area contributed by atoms with Gasteiger partial charge >= 0.3 is 5.97 Å². The quantitative estimate of drug-likeness (QED) is 0.528. The van der Waals surface area contributed by atoms with E-state index >= 15 is 0 Å². The number of aryl methyl sites for hydroxylation is 1. The minimum Gasteiger partial charge on any atom is -0.490 e. The van der Waals surface area contributed by atoms with Gasteiger partial charge in [0.1, 0.15) is 17.2 Å². The molecule has 0 N–H and O–H groups in total. The summed E-state index contributed by atoms with van der Waals surface area (Å²) in [5.41, 5.74) is 3.26. The Morgan fingerprint density at radius 3 is 2.66 bits per heavy atom. The molecule has 2 aliphatic heterocycles. The second kappa shape index (κ2) is 8.07. The molecule has 0 spiro atoms. The number of esters is 1. The number of methoxy groups -OCH3 is 1. The fraction of sp³-hybridized carbons (Fsp3) is 0.280. The molecule has 5 rings (SSSR count). The number of benzene rings is 2. The molecule has 0 saturated heterocycles. The van der Waals surface area contributed by atoms with Crippen LogP contribution >= 0.6 is 0 Å². The van der Waals surface area contributed by atoms with Gasteiger partial charge in [-0.2, -0.15) is 5.10 Å². The lowest BCUT2D eigenvalue weighted by atomic mass is 9.97. The van der Waals surface area contributed by atoms with E-state index in [9.17, 15) is 4.79 Å². The molecule has 0 fully saturated rings. The van der Waals surface area contributed by atoms with Crippen molar-refractivity contribution in [1.29, 1.82) is 0 Å². The van der Waals surface area contributed by atoms with Crippen LogP contribution in [0.25, 0.3) is 0 Å². The highest BCUT2D eigenvalue weighted by molar-refractivity contribution is 5.99. The van der Waals surface area contributed by atoms with Gasteiger partial charge in [0.25, 0.3) is 0 Å². The Bertz CT molecular complexity index is 1180. The van der Waals surface area contributed by atoms with Gasteiger partial charge in [-0.05, 0) is 44.2 Å². The van der Waals surface area contributed by atoms with E-state index in [1.165, 1.54) is 7.11 Å². The van der Waals surface area contributed by atoms with Crippen molar-refractivity contribution < 1.29 is 23.4 Å². The van der Waals surface area contributed by atoms with Crippen molar-refractivity contribution in [3.63, 3.8) is 0 Å². The first-order chi connectivity index (χ1) is 15.6. The molecule has 0 aliphatic carbocycles. The van der Waals surface area contributed by atoms with Crippen LogP contribution in [-0.4, -0.2) is 30.4 Å². The van der Waals surface area contributed by atoms with Crippen molar-refractivity contribution in [2.24, 2.45) is 5.10 Å². The van der Waals surface area contributed by atoms with E-state index in [1.807, 2.05) is 55.3 Å². The lowest BCUT2D eigenvalue weighted by molar-refractivity contribution is -0.0212. The van der Waals surface area contributed by atoms with Crippen molar-refractivity contribution in [2.75, 3.05) is 13.7 Å². The molecule has 3 aromatic rings. The molecule has 2 atom stereocenters. The normalized spacial score (nSPS) is 19.0. The molecule has 7 nitrogen and oxygen atoms in total. The van der Waals surface area contributed by atoms with Crippen molar-refractivity contribution >= 4 is 11.7 Å². The summed E-state index contributed by atoms with van der Waals surface area (Å²) in [7, 11) is 1.37. The highest BCUT2D eigenvalue weighted by Gasteiger charge is 2.42. The van der Waals surface area contributed by atoms with Crippen LogP contribution in [0.1, 0.15) is 58.6 Å². The van der Waals surface area contributed by atoms with Crippen LogP contribution < -0.4 is 9.47 Å². The van der Waals surface area contributed by atoms with Gasteiger partial charge in [-0.3, -0.25) is 0 Å². The summed E-state index contributed by atoms with van der Waals surface area (Å²) in [4.78, 5) is 11.9. The number of furan rings is 1.